The summed E-state index contributed by atoms with van der Waals surface area (Å²) in [6.07, 6.45) is 3.55. The van der Waals surface area contributed by atoms with E-state index in [-0.39, 0.29) is 24.1 Å². The topological polar surface area (TPSA) is 38.1 Å². The Balaban J connectivity index is 1.53. The maximum absolute atomic E-state index is 14.4. The third-order valence-corrected chi connectivity index (χ3v) is 7.00. The van der Waals surface area contributed by atoms with Crippen LogP contribution in [0.3, 0.4) is 0 Å². The number of para-hydroxylation sites is 1. The lowest BCUT2D eigenvalue weighted by atomic mass is 10.1. The first kappa shape index (κ1) is 23.1. The third kappa shape index (κ3) is 4.80. The molecular weight excluding hydrogens is 484 g/mol. The number of thioether (sulfide) groups is 1. The molecule has 4 aromatic rings. The zero-order valence-corrected chi connectivity index (χ0v) is 20.2. The van der Waals surface area contributed by atoms with Gasteiger partial charge < -0.3 is 0 Å². The number of aromatic nitrogens is 2. The lowest BCUT2D eigenvalue weighted by molar-refractivity contribution is -0.122. The number of hydrogen-bond donors (Lipinski definition) is 0. The first-order valence-corrected chi connectivity index (χ1v) is 12.0. The van der Waals surface area contributed by atoms with Crippen LogP contribution in [0.4, 0.5) is 8.78 Å². The largest absolute Gasteiger partial charge is 0.288 e. The molecule has 0 N–H and O–H groups in total. The molecular formula is C27H19F2N3OS2. The summed E-state index contributed by atoms with van der Waals surface area (Å²) in [6, 6.07) is 20.5. The van der Waals surface area contributed by atoms with Crippen LogP contribution in [0.5, 0.6) is 0 Å². The number of amides is 1. The van der Waals surface area contributed by atoms with Crippen molar-refractivity contribution in [3.8, 4) is 16.9 Å². The molecule has 0 unspecified atom stereocenters. The number of benzene rings is 3. The summed E-state index contributed by atoms with van der Waals surface area (Å²) in [7, 11) is 0. The second-order valence-electron chi connectivity index (χ2n) is 8.07. The van der Waals surface area contributed by atoms with Gasteiger partial charge in [-0.25, -0.2) is 13.5 Å². The fourth-order valence-electron chi connectivity index (χ4n) is 3.72. The van der Waals surface area contributed by atoms with Crippen LogP contribution in [-0.2, 0) is 11.3 Å². The highest BCUT2D eigenvalue weighted by molar-refractivity contribution is 8.26. The van der Waals surface area contributed by atoms with E-state index in [9.17, 15) is 13.6 Å². The van der Waals surface area contributed by atoms with Crippen LogP contribution in [0.1, 0.15) is 16.7 Å². The fraction of sp³-hybridized carbons (Fsp3) is 0.0741. The molecule has 1 fully saturated rings. The van der Waals surface area contributed by atoms with Gasteiger partial charge in [0, 0.05) is 17.3 Å². The quantitative estimate of drug-likeness (QED) is 0.229. The van der Waals surface area contributed by atoms with Crippen LogP contribution in [0.15, 0.2) is 83.9 Å². The summed E-state index contributed by atoms with van der Waals surface area (Å²) < 4.78 is 29.8. The van der Waals surface area contributed by atoms with E-state index < -0.39 is 0 Å². The predicted octanol–water partition coefficient (Wildman–Crippen LogP) is 6.53. The van der Waals surface area contributed by atoms with Crippen molar-refractivity contribution in [1.29, 1.82) is 0 Å². The Labute approximate surface area is 210 Å². The van der Waals surface area contributed by atoms with Gasteiger partial charge in [0.2, 0.25) is 0 Å². The Bertz CT molecular complexity index is 1460. The van der Waals surface area contributed by atoms with Crippen molar-refractivity contribution in [2.24, 2.45) is 0 Å². The van der Waals surface area contributed by atoms with Crippen LogP contribution in [-0.4, -0.2) is 24.9 Å². The molecule has 0 radical (unpaired) electrons. The summed E-state index contributed by atoms with van der Waals surface area (Å²) in [5.74, 6) is -0.902. The summed E-state index contributed by atoms with van der Waals surface area (Å²) in [5, 5.41) is 4.71. The lowest BCUT2D eigenvalue weighted by Crippen LogP contribution is -2.27. The highest BCUT2D eigenvalue weighted by Gasteiger charge is 2.32. The van der Waals surface area contributed by atoms with Crippen molar-refractivity contribution in [3.05, 3.63) is 112 Å². The molecule has 5 rings (SSSR count). The molecule has 1 saturated heterocycles. The second-order valence-corrected chi connectivity index (χ2v) is 9.75. The summed E-state index contributed by atoms with van der Waals surface area (Å²) in [5.41, 5.74) is 3.98. The number of carbonyl (C=O) groups excluding carboxylic acids is 1. The number of nitrogens with zero attached hydrogens (tertiary/aromatic N) is 3. The molecule has 35 heavy (non-hydrogen) atoms. The minimum atomic E-state index is -0.338. The first-order valence-electron chi connectivity index (χ1n) is 10.8. The van der Waals surface area contributed by atoms with E-state index in [2.05, 4.69) is 0 Å². The van der Waals surface area contributed by atoms with Crippen LogP contribution < -0.4 is 0 Å². The highest BCUT2D eigenvalue weighted by Crippen LogP contribution is 2.36. The van der Waals surface area contributed by atoms with Crippen LogP contribution >= 0.6 is 24.0 Å². The molecule has 174 valence electrons. The minimum absolute atomic E-state index is 0.238. The molecule has 0 saturated carbocycles. The number of thiocarbonyl (C=S) groups is 1. The van der Waals surface area contributed by atoms with E-state index in [1.54, 1.807) is 35.9 Å². The average molecular weight is 504 g/mol. The summed E-state index contributed by atoms with van der Waals surface area (Å²) in [6.45, 7) is 1.96. The van der Waals surface area contributed by atoms with Gasteiger partial charge in [-0.2, -0.15) is 5.10 Å². The Hall–Kier alpha value is -3.62. The van der Waals surface area contributed by atoms with Gasteiger partial charge in [-0.3, -0.25) is 9.69 Å². The Morgan fingerprint density at radius 3 is 2.49 bits per heavy atom. The monoisotopic (exact) mass is 503 g/mol. The number of rotatable bonds is 5. The van der Waals surface area contributed by atoms with E-state index in [4.69, 9.17) is 17.3 Å². The van der Waals surface area contributed by atoms with E-state index >= 15 is 0 Å². The van der Waals surface area contributed by atoms with Gasteiger partial charge in [0.1, 0.15) is 21.6 Å². The highest BCUT2D eigenvalue weighted by atomic mass is 32.2. The standard InChI is InChI=1S/C27H19F2N3OS2/c1-17-7-10-19(13-23(17)29)25-20(16-32(30-25)22-5-3-2-4-6-22)14-24-26(33)31(27(34)35-24)15-18-8-11-21(28)12-9-18/h2-14,16H,15H2,1H3/b24-14-. The van der Waals surface area contributed by atoms with Crippen LogP contribution in [0, 0.1) is 18.6 Å². The van der Waals surface area contributed by atoms with Crippen LogP contribution in [0.2, 0.25) is 0 Å². The van der Waals surface area contributed by atoms with Gasteiger partial charge in [-0.15, -0.1) is 0 Å². The SMILES string of the molecule is Cc1ccc(-c2nn(-c3ccccc3)cc2/C=C2\SC(=S)N(Cc3ccc(F)cc3)C2=O)cc1F. The van der Waals surface area contributed by atoms with Gasteiger partial charge >= 0.3 is 0 Å². The molecule has 3 aromatic carbocycles. The van der Waals surface area contributed by atoms with Gasteiger partial charge in [0.25, 0.3) is 5.91 Å². The van der Waals surface area contributed by atoms with Crippen molar-refractivity contribution in [3.63, 3.8) is 0 Å². The van der Waals surface area contributed by atoms with Crippen molar-refractivity contribution in [1.82, 2.24) is 14.7 Å². The molecule has 4 nitrogen and oxygen atoms in total. The first-order chi connectivity index (χ1) is 16.9. The number of aryl methyl sites for hydroxylation is 1. The van der Waals surface area contributed by atoms with Gasteiger partial charge in [-0.1, -0.05) is 66.4 Å². The van der Waals surface area contributed by atoms with Crippen molar-refractivity contribution in [2.75, 3.05) is 0 Å². The van der Waals surface area contributed by atoms with Gasteiger partial charge in [0.15, 0.2) is 0 Å². The molecule has 1 aliphatic rings. The van der Waals surface area contributed by atoms with Gasteiger partial charge in [0.05, 0.1) is 17.1 Å². The Morgan fingerprint density at radius 2 is 1.77 bits per heavy atom. The van der Waals surface area contributed by atoms with Crippen molar-refractivity contribution < 1.29 is 13.6 Å². The van der Waals surface area contributed by atoms with Gasteiger partial charge in [-0.05, 0) is 54.5 Å². The number of hydrogen-bond acceptors (Lipinski definition) is 4. The minimum Gasteiger partial charge on any atom is -0.288 e. The molecule has 8 heteroatoms. The van der Waals surface area contributed by atoms with E-state index in [1.165, 1.54) is 34.9 Å². The summed E-state index contributed by atoms with van der Waals surface area (Å²) in [4.78, 5) is 15.1. The van der Waals surface area contributed by atoms with Crippen molar-refractivity contribution in [2.45, 2.75) is 13.5 Å². The number of carbonyl (C=O) groups is 1. The molecule has 0 aliphatic carbocycles. The van der Waals surface area contributed by atoms with E-state index in [0.29, 0.717) is 31.6 Å². The molecule has 0 atom stereocenters. The Morgan fingerprint density at radius 1 is 1.03 bits per heavy atom. The molecule has 1 aliphatic heterocycles. The second kappa shape index (κ2) is 9.56. The molecule has 1 amide bonds. The third-order valence-electron chi connectivity index (χ3n) is 5.62. The summed E-state index contributed by atoms with van der Waals surface area (Å²) >= 11 is 6.66. The fourth-order valence-corrected chi connectivity index (χ4v) is 4.97. The lowest BCUT2D eigenvalue weighted by Gasteiger charge is -2.14. The predicted molar refractivity (Wildman–Crippen MR) is 139 cm³/mol. The normalized spacial score (nSPS) is 14.8. The Kier molecular flexibility index (Phi) is 6.32. The average Bonchev–Trinajstić information content (AvgIpc) is 3.39. The van der Waals surface area contributed by atoms with E-state index in [1.807, 2.05) is 42.6 Å². The molecule has 0 spiro atoms. The van der Waals surface area contributed by atoms with Crippen molar-refractivity contribution >= 4 is 40.3 Å². The van der Waals surface area contributed by atoms with Crippen LogP contribution in [0.25, 0.3) is 23.0 Å². The molecule has 1 aromatic heterocycles. The zero-order chi connectivity index (χ0) is 24.5. The van der Waals surface area contributed by atoms with E-state index in [0.717, 1.165) is 11.3 Å². The number of halogens is 2. The molecule has 2 heterocycles. The maximum Gasteiger partial charge on any atom is 0.266 e. The zero-order valence-electron chi connectivity index (χ0n) is 18.6. The molecule has 0 bridgehead atoms. The maximum atomic E-state index is 14.4. The smallest absolute Gasteiger partial charge is 0.266 e.